The fraction of sp³-hybridized carbons (Fsp3) is 0.478. The van der Waals surface area contributed by atoms with Gasteiger partial charge >= 0.3 is 0 Å². The minimum Gasteiger partial charge on any atom is -0.497 e. The molecule has 4 rings (SSSR count). The van der Waals surface area contributed by atoms with Gasteiger partial charge in [-0.1, -0.05) is 18.6 Å². The first kappa shape index (κ1) is 18.0. The molecule has 27 heavy (non-hydrogen) atoms. The number of aromatic nitrogens is 1. The lowest BCUT2D eigenvalue weighted by Gasteiger charge is -2.37. The largest absolute Gasteiger partial charge is 0.497 e. The summed E-state index contributed by atoms with van der Waals surface area (Å²) in [5.41, 5.74) is 4.44. The molecule has 0 unspecified atom stereocenters. The fourth-order valence-electron chi connectivity index (χ4n) is 4.20. The van der Waals surface area contributed by atoms with E-state index in [9.17, 15) is 4.79 Å². The van der Waals surface area contributed by atoms with Gasteiger partial charge in [0.15, 0.2) is 0 Å². The van der Waals surface area contributed by atoms with E-state index in [1.165, 1.54) is 12.0 Å². The summed E-state index contributed by atoms with van der Waals surface area (Å²) < 4.78 is 5.37. The van der Waals surface area contributed by atoms with E-state index in [1.54, 1.807) is 7.11 Å². The lowest BCUT2D eigenvalue weighted by atomic mass is 9.83. The molecule has 142 valence electrons. The number of carbonyl (C=O) groups excluding carboxylic acids is 1. The van der Waals surface area contributed by atoms with Crippen molar-refractivity contribution in [1.82, 2.24) is 9.88 Å². The van der Waals surface area contributed by atoms with Crippen LogP contribution in [0.2, 0.25) is 0 Å². The number of amides is 1. The van der Waals surface area contributed by atoms with Crippen molar-refractivity contribution in [3.05, 3.63) is 47.8 Å². The van der Waals surface area contributed by atoms with E-state index in [1.807, 2.05) is 19.1 Å². The Hall–Kier alpha value is -2.36. The summed E-state index contributed by atoms with van der Waals surface area (Å²) in [6.07, 6.45) is 5.51. The van der Waals surface area contributed by atoms with E-state index >= 15 is 0 Å². The predicted octanol–water partition coefficient (Wildman–Crippen LogP) is 4.57. The first-order valence-corrected chi connectivity index (χ1v) is 10.1. The van der Waals surface area contributed by atoms with E-state index in [4.69, 9.17) is 9.72 Å². The van der Waals surface area contributed by atoms with Gasteiger partial charge in [0.2, 0.25) is 5.91 Å². The van der Waals surface area contributed by atoms with Crippen LogP contribution in [0.15, 0.2) is 36.4 Å². The van der Waals surface area contributed by atoms with Crippen LogP contribution in [0.3, 0.4) is 0 Å². The zero-order chi connectivity index (χ0) is 18.8. The molecule has 1 saturated carbocycles. The summed E-state index contributed by atoms with van der Waals surface area (Å²) in [7, 11) is 1.69. The van der Waals surface area contributed by atoms with Gasteiger partial charge in [0.25, 0.3) is 0 Å². The maximum Gasteiger partial charge on any atom is 0.225 e. The third-order valence-electron chi connectivity index (χ3n) is 5.98. The SMILES string of the molecule is COc1cccc(-c2cc(C)nc([C@@H]3CCCN(C(=O)C4CCC4)C3)c2)c1. The molecular weight excluding hydrogens is 336 g/mol. The van der Waals surface area contributed by atoms with Crippen LogP contribution in [0.1, 0.15) is 49.4 Å². The van der Waals surface area contributed by atoms with Gasteiger partial charge < -0.3 is 9.64 Å². The smallest absolute Gasteiger partial charge is 0.225 e. The molecule has 0 radical (unpaired) electrons. The molecule has 0 spiro atoms. The molecule has 2 heterocycles. The van der Waals surface area contributed by atoms with Gasteiger partial charge in [-0.25, -0.2) is 0 Å². The first-order chi connectivity index (χ1) is 13.1. The highest BCUT2D eigenvalue weighted by Crippen LogP contribution is 2.33. The predicted molar refractivity (Wildman–Crippen MR) is 107 cm³/mol. The molecule has 2 fully saturated rings. The summed E-state index contributed by atoms with van der Waals surface area (Å²) in [4.78, 5) is 19.6. The Labute approximate surface area is 161 Å². The Morgan fingerprint density at radius 2 is 1.96 bits per heavy atom. The minimum atomic E-state index is 0.279. The molecule has 0 N–H and O–H groups in total. The monoisotopic (exact) mass is 364 g/mol. The van der Waals surface area contributed by atoms with Crippen molar-refractivity contribution < 1.29 is 9.53 Å². The van der Waals surface area contributed by atoms with E-state index in [-0.39, 0.29) is 5.92 Å². The molecule has 1 amide bonds. The molecule has 4 heteroatoms. The van der Waals surface area contributed by atoms with Crippen molar-refractivity contribution in [2.75, 3.05) is 20.2 Å². The maximum absolute atomic E-state index is 12.7. The molecule has 1 aliphatic carbocycles. The van der Waals surface area contributed by atoms with E-state index in [0.29, 0.717) is 11.8 Å². The average molecular weight is 364 g/mol. The lowest BCUT2D eigenvalue weighted by Crippen LogP contribution is -2.44. The van der Waals surface area contributed by atoms with Gasteiger partial charge in [-0.3, -0.25) is 9.78 Å². The number of hydrogen-bond acceptors (Lipinski definition) is 3. The second-order valence-corrected chi connectivity index (χ2v) is 7.91. The van der Waals surface area contributed by atoms with Crippen LogP contribution in [0.5, 0.6) is 5.75 Å². The van der Waals surface area contributed by atoms with Gasteiger partial charge in [-0.2, -0.15) is 0 Å². The highest BCUT2D eigenvalue weighted by atomic mass is 16.5. The molecule has 1 aliphatic heterocycles. The third kappa shape index (κ3) is 3.85. The van der Waals surface area contributed by atoms with E-state index in [2.05, 4.69) is 29.2 Å². The second-order valence-electron chi connectivity index (χ2n) is 7.91. The molecule has 1 atom stereocenters. The number of ether oxygens (including phenoxy) is 1. The van der Waals surface area contributed by atoms with Crippen molar-refractivity contribution >= 4 is 5.91 Å². The third-order valence-corrected chi connectivity index (χ3v) is 5.98. The Morgan fingerprint density at radius 1 is 1.11 bits per heavy atom. The van der Waals surface area contributed by atoms with Crippen molar-refractivity contribution in [1.29, 1.82) is 0 Å². The van der Waals surface area contributed by atoms with E-state index in [0.717, 1.165) is 61.5 Å². The molecule has 2 aromatic rings. The van der Waals surface area contributed by atoms with E-state index < -0.39 is 0 Å². The number of rotatable bonds is 4. The summed E-state index contributed by atoms with van der Waals surface area (Å²) in [6.45, 7) is 3.76. The summed E-state index contributed by atoms with van der Waals surface area (Å²) in [5.74, 6) is 1.83. The Bertz CT molecular complexity index is 829. The average Bonchev–Trinajstić information content (AvgIpc) is 2.66. The van der Waals surface area contributed by atoms with Crippen LogP contribution in [-0.2, 0) is 4.79 Å². The zero-order valence-corrected chi connectivity index (χ0v) is 16.3. The lowest BCUT2D eigenvalue weighted by molar-refractivity contribution is -0.139. The van der Waals surface area contributed by atoms with Crippen LogP contribution < -0.4 is 4.74 Å². The Balaban J connectivity index is 1.57. The molecule has 1 aromatic heterocycles. The highest BCUT2D eigenvalue weighted by Gasteiger charge is 2.33. The number of pyridine rings is 1. The molecular formula is C23H28N2O2. The number of hydrogen-bond donors (Lipinski definition) is 0. The zero-order valence-electron chi connectivity index (χ0n) is 16.3. The summed E-state index contributed by atoms with van der Waals surface area (Å²) in [5, 5.41) is 0. The number of piperidine rings is 1. The number of carbonyl (C=O) groups is 1. The van der Waals surface area contributed by atoms with Crippen LogP contribution in [-0.4, -0.2) is 36.0 Å². The summed E-state index contributed by atoms with van der Waals surface area (Å²) >= 11 is 0. The van der Waals surface area contributed by atoms with Crippen LogP contribution in [0.25, 0.3) is 11.1 Å². The number of nitrogens with zero attached hydrogens (tertiary/aromatic N) is 2. The molecule has 0 bridgehead atoms. The highest BCUT2D eigenvalue weighted by molar-refractivity contribution is 5.79. The molecule has 2 aliphatic rings. The van der Waals surface area contributed by atoms with Crippen molar-refractivity contribution in [3.8, 4) is 16.9 Å². The Morgan fingerprint density at radius 3 is 2.70 bits per heavy atom. The van der Waals surface area contributed by atoms with Gasteiger partial charge in [0, 0.05) is 36.3 Å². The van der Waals surface area contributed by atoms with Crippen LogP contribution in [0.4, 0.5) is 0 Å². The van der Waals surface area contributed by atoms with Gasteiger partial charge in [0.05, 0.1) is 7.11 Å². The van der Waals surface area contributed by atoms with Crippen LogP contribution >= 0.6 is 0 Å². The van der Waals surface area contributed by atoms with Gasteiger partial charge in [-0.15, -0.1) is 0 Å². The summed E-state index contributed by atoms with van der Waals surface area (Å²) in [6, 6.07) is 12.5. The Kier molecular flexibility index (Phi) is 5.15. The van der Waals surface area contributed by atoms with Crippen molar-refractivity contribution in [2.24, 2.45) is 5.92 Å². The first-order valence-electron chi connectivity index (χ1n) is 10.1. The minimum absolute atomic E-state index is 0.279. The van der Waals surface area contributed by atoms with Crippen LogP contribution in [0, 0.1) is 12.8 Å². The number of aryl methyl sites for hydroxylation is 1. The number of methoxy groups -OCH3 is 1. The van der Waals surface area contributed by atoms with Gasteiger partial charge in [-0.05, 0) is 68.0 Å². The number of likely N-dealkylation sites (tertiary alicyclic amines) is 1. The topological polar surface area (TPSA) is 42.4 Å². The normalized spacial score (nSPS) is 20.2. The number of benzene rings is 1. The van der Waals surface area contributed by atoms with Crippen molar-refractivity contribution in [3.63, 3.8) is 0 Å². The molecule has 4 nitrogen and oxygen atoms in total. The quantitative estimate of drug-likeness (QED) is 0.798. The fourth-order valence-corrected chi connectivity index (χ4v) is 4.20. The van der Waals surface area contributed by atoms with Crippen molar-refractivity contribution in [2.45, 2.75) is 44.9 Å². The second kappa shape index (κ2) is 7.71. The maximum atomic E-state index is 12.7. The molecule has 1 saturated heterocycles. The van der Waals surface area contributed by atoms with Gasteiger partial charge in [0.1, 0.15) is 5.75 Å². The standard InChI is InChI=1S/C23H28N2O2/c1-16-12-20(18-8-4-10-21(13-18)27-2)14-22(24-16)19-9-5-11-25(15-19)23(26)17-6-3-7-17/h4,8,10,12-14,17,19H,3,5-7,9,11,15H2,1-2H3/t19-/m1/s1. The molecule has 1 aromatic carbocycles.